The van der Waals surface area contributed by atoms with E-state index < -0.39 is 5.95 Å². The molecular weight excluding hydrogens is 251 g/mol. The molecule has 0 spiro atoms. The fraction of sp³-hybridized carbons (Fsp3) is 0.231. The van der Waals surface area contributed by atoms with Crippen LogP contribution in [0, 0.1) is 5.95 Å². The summed E-state index contributed by atoms with van der Waals surface area (Å²) in [4.78, 5) is 18.3. The van der Waals surface area contributed by atoms with Crippen molar-refractivity contribution in [1.82, 2.24) is 9.88 Å². The van der Waals surface area contributed by atoms with Crippen molar-refractivity contribution in [1.29, 1.82) is 0 Å². The van der Waals surface area contributed by atoms with Gasteiger partial charge in [0.1, 0.15) is 5.69 Å². The van der Waals surface area contributed by atoms with Gasteiger partial charge in [0.2, 0.25) is 5.95 Å². The van der Waals surface area contributed by atoms with E-state index in [0.29, 0.717) is 6.54 Å². The summed E-state index contributed by atoms with van der Waals surface area (Å²) in [5.41, 5.74) is 0.142. The first-order chi connectivity index (χ1) is 8.66. The number of hydrogen-bond acceptors (Lipinski definition) is 3. The highest BCUT2D eigenvalue weighted by Crippen LogP contribution is 2.10. The molecule has 18 heavy (non-hydrogen) atoms. The van der Waals surface area contributed by atoms with Crippen LogP contribution in [0.3, 0.4) is 0 Å². The Kier molecular flexibility index (Phi) is 4.04. The van der Waals surface area contributed by atoms with Crippen molar-refractivity contribution in [3.8, 4) is 0 Å². The maximum Gasteiger partial charge on any atom is 0.272 e. The largest absolute Gasteiger partial charge is 0.340 e. The summed E-state index contributed by atoms with van der Waals surface area (Å²) in [5, 5.41) is 2.01. The lowest BCUT2D eigenvalue weighted by molar-refractivity contribution is 0.0790. The number of amides is 1. The summed E-state index contributed by atoms with van der Waals surface area (Å²) in [6.45, 7) is 0.595. The predicted molar refractivity (Wildman–Crippen MR) is 69.2 cm³/mol. The van der Waals surface area contributed by atoms with Gasteiger partial charge in [-0.1, -0.05) is 12.1 Å². The fourth-order valence-corrected chi connectivity index (χ4v) is 2.26. The molecule has 94 valence electrons. The minimum Gasteiger partial charge on any atom is -0.340 e. The van der Waals surface area contributed by atoms with Crippen molar-refractivity contribution >= 4 is 17.2 Å². The molecule has 1 amide bonds. The second-order valence-electron chi connectivity index (χ2n) is 3.90. The topological polar surface area (TPSA) is 33.2 Å². The Morgan fingerprint density at radius 2 is 2.22 bits per heavy atom. The normalized spacial score (nSPS) is 10.3. The minimum atomic E-state index is -0.632. The molecule has 2 heterocycles. The van der Waals surface area contributed by atoms with E-state index in [1.807, 2.05) is 17.5 Å². The number of pyridine rings is 1. The Balaban J connectivity index is 1.96. The van der Waals surface area contributed by atoms with Gasteiger partial charge >= 0.3 is 0 Å². The lowest BCUT2D eigenvalue weighted by Crippen LogP contribution is -2.29. The molecule has 0 radical (unpaired) electrons. The monoisotopic (exact) mass is 264 g/mol. The molecule has 0 saturated carbocycles. The van der Waals surface area contributed by atoms with Gasteiger partial charge in [-0.2, -0.15) is 4.39 Å². The third kappa shape index (κ3) is 3.13. The fourth-order valence-electron chi connectivity index (χ4n) is 1.56. The van der Waals surface area contributed by atoms with Crippen LogP contribution in [-0.2, 0) is 6.42 Å². The molecule has 5 heteroatoms. The number of nitrogens with zero attached hydrogens (tertiary/aromatic N) is 2. The zero-order valence-corrected chi connectivity index (χ0v) is 10.8. The van der Waals surface area contributed by atoms with Crippen LogP contribution in [0.15, 0.2) is 35.7 Å². The molecule has 2 rings (SSSR count). The Bertz CT molecular complexity index is 528. The van der Waals surface area contributed by atoms with Gasteiger partial charge in [-0.15, -0.1) is 11.3 Å². The molecule has 0 fully saturated rings. The summed E-state index contributed by atoms with van der Waals surface area (Å²) in [5.74, 6) is -0.890. The van der Waals surface area contributed by atoms with Gasteiger partial charge < -0.3 is 4.90 Å². The summed E-state index contributed by atoms with van der Waals surface area (Å²) in [6, 6.07) is 8.25. The quantitative estimate of drug-likeness (QED) is 0.795. The van der Waals surface area contributed by atoms with E-state index in [9.17, 15) is 9.18 Å². The number of rotatable bonds is 4. The second kappa shape index (κ2) is 5.73. The third-order valence-electron chi connectivity index (χ3n) is 2.55. The molecule has 0 atom stereocenters. The highest BCUT2D eigenvalue weighted by Gasteiger charge is 2.13. The molecule has 2 aromatic rings. The van der Waals surface area contributed by atoms with Crippen LogP contribution in [0.5, 0.6) is 0 Å². The molecule has 2 aromatic heterocycles. The Labute approximate surface area is 109 Å². The molecule has 0 aliphatic rings. The predicted octanol–water partition coefficient (Wildman–Crippen LogP) is 2.60. The van der Waals surface area contributed by atoms with Crippen LogP contribution < -0.4 is 0 Å². The zero-order valence-electron chi connectivity index (χ0n) is 9.97. The number of aromatic nitrogens is 1. The van der Waals surface area contributed by atoms with E-state index in [1.54, 1.807) is 23.3 Å². The molecule has 0 aliphatic carbocycles. The van der Waals surface area contributed by atoms with E-state index in [2.05, 4.69) is 4.98 Å². The van der Waals surface area contributed by atoms with Gasteiger partial charge in [-0.25, -0.2) is 4.98 Å². The standard InChI is InChI=1S/C13H13FN2OS/c1-16(8-7-10-4-3-9-18-10)13(17)11-5-2-6-12(14)15-11/h2-6,9H,7-8H2,1H3. The van der Waals surface area contributed by atoms with Crippen molar-refractivity contribution in [2.45, 2.75) is 6.42 Å². The maximum atomic E-state index is 12.9. The van der Waals surface area contributed by atoms with Crippen molar-refractivity contribution in [2.75, 3.05) is 13.6 Å². The Hall–Kier alpha value is -1.75. The van der Waals surface area contributed by atoms with Crippen LogP contribution in [0.1, 0.15) is 15.4 Å². The van der Waals surface area contributed by atoms with E-state index in [-0.39, 0.29) is 11.6 Å². The van der Waals surface area contributed by atoms with Crippen LogP contribution in [0.4, 0.5) is 4.39 Å². The average molecular weight is 264 g/mol. The molecule has 0 saturated heterocycles. The number of thiophene rings is 1. The molecule has 0 aliphatic heterocycles. The smallest absolute Gasteiger partial charge is 0.272 e. The number of carbonyl (C=O) groups is 1. The van der Waals surface area contributed by atoms with Gasteiger partial charge in [0, 0.05) is 18.5 Å². The molecule has 0 bridgehead atoms. The highest BCUT2D eigenvalue weighted by molar-refractivity contribution is 7.09. The van der Waals surface area contributed by atoms with E-state index in [1.165, 1.54) is 23.1 Å². The van der Waals surface area contributed by atoms with Crippen molar-refractivity contribution in [2.24, 2.45) is 0 Å². The zero-order chi connectivity index (χ0) is 13.0. The maximum absolute atomic E-state index is 12.9. The Morgan fingerprint density at radius 1 is 1.39 bits per heavy atom. The van der Waals surface area contributed by atoms with Crippen molar-refractivity contribution in [3.63, 3.8) is 0 Å². The van der Waals surface area contributed by atoms with Crippen LogP contribution in [-0.4, -0.2) is 29.4 Å². The van der Waals surface area contributed by atoms with Gasteiger partial charge in [0.25, 0.3) is 5.91 Å². The minimum absolute atomic E-state index is 0.142. The number of carbonyl (C=O) groups excluding carboxylic acids is 1. The van der Waals surface area contributed by atoms with Crippen molar-refractivity contribution in [3.05, 3.63) is 52.2 Å². The first kappa shape index (κ1) is 12.7. The van der Waals surface area contributed by atoms with Gasteiger partial charge in [-0.3, -0.25) is 4.79 Å². The van der Waals surface area contributed by atoms with Gasteiger partial charge in [0.15, 0.2) is 0 Å². The molecular formula is C13H13FN2OS. The van der Waals surface area contributed by atoms with Gasteiger partial charge in [-0.05, 0) is 30.0 Å². The Morgan fingerprint density at radius 3 is 2.89 bits per heavy atom. The molecule has 0 aromatic carbocycles. The van der Waals surface area contributed by atoms with Crippen molar-refractivity contribution < 1.29 is 9.18 Å². The van der Waals surface area contributed by atoms with E-state index in [4.69, 9.17) is 0 Å². The summed E-state index contributed by atoms with van der Waals surface area (Å²) in [7, 11) is 1.70. The number of halogens is 1. The first-order valence-corrected chi connectivity index (χ1v) is 6.45. The summed E-state index contributed by atoms with van der Waals surface area (Å²) in [6.07, 6.45) is 0.801. The van der Waals surface area contributed by atoms with Crippen LogP contribution in [0.2, 0.25) is 0 Å². The molecule has 0 N–H and O–H groups in total. The average Bonchev–Trinajstić information content (AvgIpc) is 2.88. The lowest BCUT2D eigenvalue weighted by atomic mass is 10.3. The van der Waals surface area contributed by atoms with E-state index >= 15 is 0 Å². The summed E-state index contributed by atoms with van der Waals surface area (Å²) < 4.78 is 12.9. The van der Waals surface area contributed by atoms with E-state index in [0.717, 1.165) is 6.42 Å². The second-order valence-corrected chi connectivity index (χ2v) is 4.93. The van der Waals surface area contributed by atoms with Crippen LogP contribution in [0.25, 0.3) is 0 Å². The number of likely N-dealkylation sites (N-methyl/N-ethyl adjacent to an activating group) is 1. The third-order valence-corrected chi connectivity index (χ3v) is 3.49. The first-order valence-electron chi connectivity index (χ1n) is 5.57. The van der Waals surface area contributed by atoms with Crippen LogP contribution >= 0.6 is 11.3 Å². The molecule has 3 nitrogen and oxygen atoms in total. The highest BCUT2D eigenvalue weighted by atomic mass is 32.1. The summed E-state index contributed by atoms with van der Waals surface area (Å²) >= 11 is 1.66. The SMILES string of the molecule is CN(CCc1cccs1)C(=O)c1cccc(F)n1. The molecule has 0 unspecified atom stereocenters. The lowest BCUT2D eigenvalue weighted by Gasteiger charge is -2.16. The number of hydrogen-bond donors (Lipinski definition) is 0. The van der Waals surface area contributed by atoms with Gasteiger partial charge in [0.05, 0.1) is 0 Å².